The quantitative estimate of drug-likeness (QED) is 0.544. The Balaban J connectivity index is 1.25. The van der Waals surface area contributed by atoms with Crippen LogP contribution in [0.3, 0.4) is 0 Å². The first-order valence-electron chi connectivity index (χ1n) is 12.6. The van der Waals surface area contributed by atoms with E-state index in [4.69, 9.17) is 9.47 Å². The minimum Gasteiger partial charge on any atom is -0.489 e. The third kappa shape index (κ3) is 5.98. The molecule has 9 heteroatoms. The average molecular weight is 499 g/mol. The highest BCUT2D eigenvalue weighted by molar-refractivity contribution is 5.73. The van der Waals surface area contributed by atoms with Gasteiger partial charge in [0.1, 0.15) is 23.7 Å². The summed E-state index contributed by atoms with van der Waals surface area (Å²) >= 11 is 0. The van der Waals surface area contributed by atoms with E-state index in [0.717, 1.165) is 56.0 Å². The molecule has 5 rings (SSSR count). The lowest BCUT2D eigenvalue weighted by molar-refractivity contribution is -0.129. The van der Waals surface area contributed by atoms with E-state index in [2.05, 4.69) is 38.4 Å². The number of hydrogen-bond donors (Lipinski definition) is 1. The summed E-state index contributed by atoms with van der Waals surface area (Å²) in [7, 11) is 0. The minimum atomic E-state index is 0.0621. The number of amides is 1. The van der Waals surface area contributed by atoms with Gasteiger partial charge in [-0.25, -0.2) is 9.97 Å². The monoisotopic (exact) mass is 498 g/mol. The van der Waals surface area contributed by atoms with E-state index >= 15 is 0 Å². The largest absolute Gasteiger partial charge is 0.489 e. The number of anilines is 3. The van der Waals surface area contributed by atoms with Gasteiger partial charge in [-0.05, 0) is 48.5 Å². The predicted octanol–water partition coefficient (Wildman–Crippen LogP) is 3.99. The van der Waals surface area contributed by atoms with E-state index in [1.165, 1.54) is 0 Å². The molecule has 2 aromatic carbocycles. The SMILES string of the molecule is CC(=O)N1CCN(c2ccc(Nc3ccnc(-c4ccc(OC5CCOCC5)c(C#N)c4)n3)cc2)CC1. The van der Waals surface area contributed by atoms with Crippen molar-refractivity contribution in [3.8, 4) is 23.2 Å². The molecular weight excluding hydrogens is 468 g/mol. The molecule has 0 saturated carbocycles. The number of piperazine rings is 1. The molecule has 2 fully saturated rings. The molecule has 1 aromatic heterocycles. The molecule has 0 unspecified atom stereocenters. The summed E-state index contributed by atoms with van der Waals surface area (Å²) in [6, 6.07) is 17.7. The molecule has 1 amide bonds. The number of benzene rings is 2. The number of nitrogens with one attached hydrogen (secondary N) is 1. The van der Waals surface area contributed by atoms with Gasteiger partial charge in [-0.1, -0.05) is 0 Å². The Labute approximate surface area is 216 Å². The predicted molar refractivity (Wildman–Crippen MR) is 141 cm³/mol. The number of ether oxygens (including phenoxy) is 2. The molecule has 1 N–H and O–H groups in total. The fourth-order valence-electron chi connectivity index (χ4n) is 4.58. The summed E-state index contributed by atoms with van der Waals surface area (Å²) in [5, 5.41) is 13.0. The fraction of sp³-hybridized carbons (Fsp3) is 0.357. The zero-order valence-corrected chi connectivity index (χ0v) is 20.9. The highest BCUT2D eigenvalue weighted by Gasteiger charge is 2.19. The first-order chi connectivity index (χ1) is 18.1. The third-order valence-corrected chi connectivity index (χ3v) is 6.71. The molecule has 0 spiro atoms. The van der Waals surface area contributed by atoms with Crippen LogP contribution in [0.2, 0.25) is 0 Å². The molecule has 3 heterocycles. The van der Waals surface area contributed by atoms with Gasteiger partial charge in [0.2, 0.25) is 5.91 Å². The first-order valence-corrected chi connectivity index (χ1v) is 12.6. The normalized spacial score (nSPS) is 16.2. The van der Waals surface area contributed by atoms with Crippen LogP contribution in [0.15, 0.2) is 54.7 Å². The van der Waals surface area contributed by atoms with Crippen molar-refractivity contribution in [3.63, 3.8) is 0 Å². The van der Waals surface area contributed by atoms with Crippen LogP contribution in [0.1, 0.15) is 25.3 Å². The average Bonchev–Trinajstić information content (AvgIpc) is 2.94. The summed E-state index contributed by atoms with van der Waals surface area (Å²) in [5.41, 5.74) is 3.25. The van der Waals surface area contributed by atoms with E-state index < -0.39 is 0 Å². The van der Waals surface area contributed by atoms with Gasteiger partial charge in [0, 0.05) is 69.1 Å². The van der Waals surface area contributed by atoms with Crippen molar-refractivity contribution in [2.75, 3.05) is 49.6 Å². The molecule has 190 valence electrons. The van der Waals surface area contributed by atoms with Crippen LogP contribution >= 0.6 is 0 Å². The molecule has 0 radical (unpaired) electrons. The topological polar surface area (TPSA) is 104 Å². The number of rotatable bonds is 6. The highest BCUT2D eigenvalue weighted by Crippen LogP contribution is 2.28. The van der Waals surface area contributed by atoms with Crippen LogP contribution < -0.4 is 15.0 Å². The van der Waals surface area contributed by atoms with Gasteiger partial charge in [0.25, 0.3) is 0 Å². The number of nitriles is 1. The van der Waals surface area contributed by atoms with Crippen molar-refractivity contribution in [1.29, 1.82) is 5.26 Å². The molecular formula is C28H30N6O3. The van der Waals surface area contributed by atoms with Gasteiger partial charge in [0.05, 0.1) is 18.8 Å². The van der Waals surface area contributed by atoms with Gasteiger partial charge in [0.15, 0.2) is 5.82 Å². The maximum Gasteiger partial charge on any atom is 0.219 e. The van der Waals surface area contributed by atoms with Crippen molar-refractivity contribution in [2.45, 2.75) is 25.9 Å². The lowest BCUT2D eigenvalue weighted by Gasteiger charge is -2.35. The standard InChI is InChI=1S/C28H30N6O3/c1-20(35)33-12-14-34(15-13-33)24-5-3-23(4-6-24)31-27-8-11-30-28(32-27)21-2-7-26(22(18-21)19-29)37-25-9-16-36-17-10-25/h2-8,11,18,25H,9-10,12-17H2,1H3,(H,30,31,32). The maximum atomic E-state index is 11.6. The highest BCUT2D eigenvalue weighted by atomic mass is 16.5. The van der Waals surface area contributed by atoms with Crippen LogP contribution in [-0.2, 0) is 9.53 Å². The molecule has 0 atom stereocenters. The van der Waals surface area contributed by atoms with Crippen molar-refractivity contribution in [1.82, 2.24) is 14.9 Å². The molecule has 9 nitrogen and oxygen atoms in total. The van der Waals surface area contributed by atoms with Crippen LogP contribution in [0, 0.1) is 11.3 Å². The van der Waals surface area contributed by atoms with Crippen LogP contribution in [0.5, 0.6) is 5.75 Å². The zero-order chi connectivity index (χ0) is 25.6. The number of nitrogens with zero attached hydrogens (tertiary/aromatic N) is 5. The van der Waals surface area contributed by atoms with Gasteiger partial charge >= 0.3 is 0 Å². The van der Waals surface area contributed by atoms with E-state index in [1.54, 1.807) is 19.2 Å². The van der Waals surface area contributed by atoms with Gasteiger partial charge in [-0.3, -0.25) is 4.79 Å². The summed E-state index contributed by atoms with van der Waals surface area (Å²) < 4.78 is 11.5. The second-order valence-corrected chi connectivity index (χ2v) is 9.18. The zero-order valence-electron chi connectivity index (χ0n) is 20.9. The summed E-state index contributed by atoms with van der Waals surface area (Å²) in [5.74, 6) is 1.90. The van der Waals surface area contributed by atoms with Crippen molar-refractivity contribution < 1.29 is 14.3 Å². The molecule has 37 heavy (non-hydrogen) atoms. The van der Waals surface area contributed by atoms with E-state index in [9.17, 15) is 10.1 Å². The molecule has 0 aliphatic carbocycles. The Morgan fingerprint density at radius 2 is 1.84 bits per heavy atom. The van der Waals surface area contributed by atoms with E-state index in [0.29, 0.717) is 36.2 Å². The smallest absolute Gasteiger partial charge is 0.219 e. The van der Waals surface area contributed by atoms with Crippen molar-refractivity contribution in [2.24, 2.45) is 0 Å². The number of aromatic nitrogens is 2. The minimum absolute atomic E-state index is 0.0621. The van der Waals surface area contributed by atoms with Gasteiger partial charge < -0.3 is 24.6 Å². The Bertz CT molecular complexity index is 1280. The Kier molecular flexibility index (Phi) is 7.47. The van der Waals surface area contributed by atoms with E-state index in [1.807, 2.05) is 35.2 Å². The van der Waals surface area contributed by atoms with E-state index in [-0.39, 0.29) is 12.0 Å². The number of carbonyl (C=O) groups is 1. The summed E-state index contributed by atoms with van der Waals surface area (Å²) in [6.07, 6.45) is 3.40. The third-order valence-electron chi connectivity index (χ3n) is 6.71. The second kappa shape index (κ2) is 11.3. The number of carbonyl (C=O) groups excluding carboxylic acids is 1. The number of hydrogen-bond acceptors (Lipinski definition) is 8. The molecule has 3 aromatic rings. The summed E-state index contributed by atoms with van der Waals surface area (Å²) in [6.45, 7) is 6.12. The molecule has 2 aliphatic heterocycles. The van der Waals surface area contributed by atoms with Gasteiger partial charge in [-0.15, -0.1) is 0 Å². The fourth-order valence-corrected chi connectivity index (χ4v) is 4.58. The van der Waals surface area contributed by atoms with Crippen LogP contribution in [-0.4, -0.2) is 66.3 Å². The van der Waals surface area contributed by atoms with Crippen LogP contribution in [0.4, 0.5) is 17.2 Å². The Morgan fingerprint density at radius 1 is 1.08 bits per heavy atom. The summed E-state index contributed by atoms with van der Waals surface area (Å²) in [4.78, 5) is 24.8. The second-order valence-electron chi connectivity index (χ2n) is 9.18. The van der Waals surface area contributed by atoms with Crippen LogP contribution in [0.25, 0.3) is 11.4 Å². The molecule has 2 aliphatic rings. The van der Waals surface area contributed by atoms with Crippen molar-refractivity contribution in [3.05, 3.63) is 60.3 Å². The Hall–Kier alpha value is -4.16. The molecule has 2 saturated heterocycles. The van der Waals surface area contributed by atoms with Gasteiger partial charge in [-0.2, -0.15) is 5.26 Å². The molecule has 0 bridgehead atoms. The lowest BCUT2D eigenvalue weighted by Crippen LogP contribution is -2.48. The Morgan fingerprint density at radius 3 is 2.54 bits per heavy atom. The first kappa shape index (κ1) is 24.5. The van der Waals surface area contributed by atoms with Crippen molar-refractivity contribution >= 4 is 23.1 Å². The lowest BCUT2D eigenvalue weighted by atomic mass is 10.1. The maximum absolute atomic E-state index is 11.6.